The molecule has 0 spiro atoms. The first-order chi connectivity index (χ1) is 18.0. The van der Waals surface area contributed by atoms with Crippen molar-refractivity contribution >= 4 is 28.8 Å². The zero-order chi connectivity index (χ0) is 25.8. The first kappa shape index (κ1) is 24.5. The molecule has 0 bridgehead atoms. The van der Waals surface area contributed by atoms with E-state index >= 15 is 0 Å². The minimum absolute atomic E-state index is 0.108. The van der Waals surface area contributed by atoms with Crippen molar-refractivity contribution in [1.29, 1.82) is 0 Å². The number of aliphatic imine (C=N–C) groups is 1. The molecule has 1 unspecified atom stereocenters. The number of allylic oxidation sites excluding steroid dienone is 1. The zero-order valence-electron chi connectivity index (χ0n) is 20.3. The summed E-state index contributed by atoms with van der Waals surface area (Å²) in [6.07, 6.45) is 1.67. The summed E-state index contributed by atoms with van der Waals surface area (Å²) < 4.78 is 16.5. The van der Waals surface area contributed by atoms with Crippen LogP contribution in [0.25, 0.3) is 0 Å². The SMILES string of the molecule is COC(=O)C1=C(C)N=C2SC=C(CC(=O)NCc3ccco3)N2C1c1cccc(Oc2ccccc2)c1. The number of nitrogens with zero attached hydrogens (tertiary/aromatic N) is 2. The molecule has 0 fully saturated rings. The highest BCUT2D eigenvalue weighted by Crippen LogP contribution is 2.45. The van der Waals surface area contributed by atoms with Crippen molar-refractivity contribution in [3.63, 3.8) is 0 Å². The molecule has 5 rings (SSSR count). The largest absolute Gasteiger partial charge is 0.467 e. The second-order valence-corrected chi connectivity index (χ2v) is 9.24. The summed E-state index contributed by atoms with van der Waals surface area (Å²) in [4.78, 5) is 32.4. The number of fused-ring (bicyclic) bond motifs is 1. The lowest BCUT2D eigenvalue weighted by Gasteiger charge is -2.36. The number of amidine groups is 1. The number of nitrogens with one attached hydrogen (secondary N) is 1. The van der Waals surface area contributed by atoms with Gasteiger partial charge in [0, 0.05) is 5.70 Å². The fraction of sp³-hybridized carbons (Fsp3) is 0.179. The van der Waals surface area contributed by atoms with Crippen molar-refractivity contribution < 1.29 is 23.5 Å². The minimum Gasteiger partial charge on any atom is -0.467 e. The van der Waals surface area contributed by atoms with Crippen LogP contribution in [0.15, 0.2) is 105 Å². The molecule has 8 nitrogen and oxygen atoms in total. The third-order valence-electron chi connectivity index (χ3n) is 5.94. The number of thioether (sulfide) groups is 1. The third-order valence-corrected chi connectivity index (χ3v) is 6.83. The van der Waals surface area contributed by atoms with Crippen molar-refractivity contribution in [2.45, 2.75) is 25.9 Å². The normalized spacial score (nSPS) is 16.6. The molecule has 0 saturated heterocycles. The van der Waals surface area contributed by atoms with Gasteiger partial charge in [0.15, 0.2) is 5.17 Å². The predicted octanol–water partition coefficient (Wildman–Crippen LogP) is 5.53. The van der Waals surface area contributed by atoms with E-state index in [9.17, 15) is 9.59 Å². The first-order valence-electron chi connectivity index (χ1n) is 11.7. The van der Waals surface area contributed by atoms with Crippen molar-refractivity contribution in [1.82, 2.24) is 10.2 Å². The van der Waals surface area contributed by atoms with Crippen LogP contribution in [0.3, 0.4) is 0 Å². The predicted molar refractivity (Wildman–Crippen MR) is 141 cm³/mol. The quantitative estimate of drug-likeness (QED) is 0.395. The summed E-state index contributed by atoms with van der Waals surface area (Å²) in [5.41, 5.74) is 2.52. The van der Waals surface area contributed by atoms with Crippen LogP contribution in [-0.4, -0.2) is 29.1 Å². The fourth-order valence-corrected chi connectivity index (χ4v) is 5.22. The van der Waals surface area contributed by atoms with Crippen LogP contribution in [0.5, 0.6) is 11.5 Å². The van der Waals surface area contributed by atoms with Gasteiger partial charge in [0.2, 0.25) is 5.91 Å². The zero-order valence-corrected chi connectivity index (χ0v) is 21.2. The van der Waals surface area contributed by atoms with Crippen LogP contribution in [0.2, 0.25) is 0 Å². The van der Waals surface area contributed by atoms with E-state index in [1.54, 1.807) is 25.3 Å². The molecule has 3 aromatic rings. The van der Waals surface area contributed by atoms with Gasteiger partial charge in [-0.25, -0.2) is 9.79 Å². The third kappa shape index (κ3) is 5.31. The first-order valence-corrected chi connectivity index (χ1v) is 12.6. The molecule has 2 aliphatic heterocycles. The number of benzene rings is 2. The summed E-state index contributed by atoms with van der Waals surface area (Å²) in [5, 5.41) is 5.47. The van der Waals surface area contributed by atoms with Gasteiger partial charge in [0.1, 0.15) is 17.3 Å². The van der Waals surface area contributed by atoms with E-state index in [1.807, 2.05) is 64.9 Å². The maximum atomic E-state index is 13.0. The molecule has 1 atom stereocenters. The Bertz CT molecular complexity index is 1400. The molecule has 1 N–H and O–H groups in total. The van der Waals surface area contributed by atoms with E-state index < -0.39 is 12.0 Å². The van der Waals surface area contributed by atoms with Crippen molar-refractivity contribution in [2.75, 3.05) is 7.11 Å². The summed E-state index contributed by atoms with van der Waals surface area (Å²) in [6, 6.07) is 20.1. The number of carbonyl (C=O) groups excluding carboxylic acids is 2. The number of ether oxygens (including phenoxy) is 2. The average molecular weight is 516 g/mol. The monoisotopic (exact) mass is 515 g/mol. The number of hydrogen-bond acceptors (Lipinski definition) is 8. The summed E-state index contributed by atoms with van der Waals surface area (Å²) >= 11 is 1.42. The van der Waals surface area contributed by atoms with Crippen LogP contribution in [0.1, 0.15) is 30.7 Å². The molecule has 1 amide bonds. The lowest BCUT2D eigenvalue weighted by Crippen LogP contribution is -2.37. The molecule has 1 aromatic heterocycles. The second kappa shape index (κ2) is 10.8. The standard InChI is InChI=1S/C28H25N3O5S/c1-18-25(27(33)34-2)26(19-8-6-11-22(14-19)36-21-9-4-3-5-10-21)31-20(17-37-28(31)30-18)15-24(32)29-16-23-12-7-13-35-23/h3-14,17,26H,15-16H2,1-2H3,(H,29,32). The number of hydrogen-bond donors (Lipinski definition) is 1. The molecule has 37 heavy (non-hydrogen) atoms. The Kier molecular flexibility index (Phi) is 7.14. The van der Waals surface area contributed by atoms with E-state index in [0.29, 0.717) is 40.2 Å². The number of esters is 1. The number of furan rings is 1. The van der Waals surface area contributed by atoms with Gasteiger partial charge in [-0.05, 0) is 54.3 Å². The van der Waals surface area contributed by atoms with Crippen LogP contribution < -0.4 is 10.1 Å². The number of rotatable bonds is 8. The summed E-state index contributed by atoms with van der Waals surface area (Å²) in [7, 11) is 1.35. The lowest BCUT2D eigenvalue weighted by atomic mass is 9.93. The van der Waals surface area contributed by atoms with Gasteiger partial charge >= 0.3 is 5.97 Å². The molecule has 0 aliphatic carbocycles. The molecule has 0 saturated carbocycles. The highest BCUT2D eigenvalue weighted by Gasteiger charge is 2.41. The van der Waals surface area contributed by atoms with Gasteiger partial charge in [-0.2, -0.15) is 0 Å². The van der Waals surface area contributed by atoms with Crippen LogP contribution in [0.4, 0.5) is 0 Å². The Balaban J connectivity index is 1.45. The molecule has 0 radical (unpaired) electrons. The Morgan fingerprint density at radius 2 is 1.89 bits per heavy atom. The van der Waals surface area contributed by atoms with Crippen LogP contribution in [-0.2, 0) is 20.9 Å². The Hall–Kier alpha value is -4.24. The van der Waals surface area contributed by atoms with Gasteiger partial charge < -0.3 is 24.1 Å². The Morgan fingerprint density at radius 3 is 2.65 bits per heavy atom. The van der Waals surface area contributed by atoms with Crippen molar-refractivity contribution in [2.24, 2.45) is 4.99 Å². The maximum Gasteiger partial charge on any atom is 0.338 e. The maximum absolute atomic E-state index is 13.0. The molecule has 2 aliphatic rings. The van der Waals surface area contributed by atoms with Gasteiger partial charge in [0.05, 0.1) is 43.7 Å². The molecule has 3 heterocycles. The van der Waals surface area contributed by atoms with E-state index in [1.165, 1.54) is 18.9 Å². The van der Waals surface area contributed by atoms with E-state index in [2.05, 4.69) is 10.3 Å². The number of amides is 1. The number of para-hydroxylation sites is 1. The van der Waals surface area contributed by atoms with E-state index in [0.717, 1.165) is 11.3 Å². The highest BCUT2D eigenvalue weighted by atomic mass is 32.2. The lowest BCUT2D eigenvalue weighted by molar-refractivity contribution is -0.136. The molecule has 188 valence electrons. The Labute approximate surface area is 218 Å². The van der Waals surface area contributed by atoms with Crippen molar-refractivity contribution in [3.8, 4) is 11.5 Å². The van der Waals surface area contributed by atoms with Gasteiger partial charge in [-0.1, -0.05) is 42.1 Å². The summed E-state index contributed by atoms with van der Waals surface area (Å²) in [6.45, 7) is 2.09. The molecule has 9 heteroatoms. The fourth-order valence-electron chi connectivity index (χ4n) is 4.25. The summed E-state index contributed by atoms with van der Waals surface area (Å²) in [5.74, 6) is 1.36. The number of methoxy groups -OCH3 is 1. The Morgan fingerprint density at radius 1 is 1.08 bits per heavy atom. The topological polar surface area (TPSA) is 93.4 Å². The van der Waals surface area contributed by atoms with Crippen LogP contribution in [0, 0.1) is 0 Å². The second-order valence-electron chi connectivity index (χ2n) is 8.41. The number of carbonyl (C=O) groups is 2. The van der Waals surface area contributed by atoms with E-state index in [-0.39, 0.29) is 12.3 Å². The van der Waals surface area contributed by atoms with Gasteiger partial charge in [-0.3, -0.25) is 4.79 Å². The average Bonchev–Trinajstić information content (AvgIpc) is 3.57. The smallest absolute Gasteiger partial charge is 0.338 e. The molecular formula is C28H25N3O5S. The highest BCUT2D eigenvalue weighted by molar-refractivity contribution is 8.16. The van der Waals surface area contributed by atoms with Gasteiger partial charge in [0.25, 0.3) is 0 Å². The van der Waals surface area contributed by atoms with E-state index in [4.69, 9.17) is 13.9 Å². The molecular weight excluding hydrogens is 490 g/mol. The van der Waals surface area contributed by atoms with Crippen LogP contribution >= 0.6 is 11.8 Å². The van der Waals surface area contributed by atoms with Crippen molar-refractivity contribution in [3.05, 3.63) is 107 Å². The minimum atomic E-state index is -0.543. The molecule has 2 aromatic carbocycles. The van der Waals surface area contributed by atoms with Gasteiger partial charge in [-0.15, -0.1) is 0 Å².